The molecule has 0 spiro atoms. The third kappa shape index (κ3) is 4.26. The van der Waals surface area contributed by atoms with Crippen LogP contribution in [-0.2, 0) is 9.59 Å². The van der Waals surface area contributed by atoms with Gasteiger partial charge in [-0.05, 0) is 17.7 Å². The monoisotopic (exact) mass is 423 g/mol. The number of para-hydroxylation sites is 1. The number of rotatable bonds is 4. The van der Waals surface area contributed by atoms with Crippen molar-refractivity contribution in [1.29, 1.82) is 0 Å². The van der Waals surface area contributed by atoms with E-state index in [0.717, 1.165) is 0 Å². The molecule has 1 N–H and O–H groups in total. The topological polar surface area (TPSA) is 61.8 Å². The predicted molar refractivity (Wildman–Crippen MR) is 108 cm³/mol. The Morgan fingerprint density at radius 3 is 2.15 bits per heavy atom. The molecule has 0 fully saturated rings. The van der Waals surface area contributed by atoms with Crippen molar-refractivity contribution in [2.45, 2.75) is 16.8 Å². The molecule has 1 aliphatic rings. The lowest BCUT2D eigenvalue weighted by Crippen LogP contribution is -2.53. The number of hydrogen-bond donors (Lipinski definition) is 1. The highest BCUT2D eigenvalue weighted by molar-refractivity contribution is 6.68. The average molecular weight is 425 g/mol. The second kappa shape index (κ2) is 7.89. The summed E-state index contributed by atoms with van der Waals surface area (Å²) in [5.41, 5.74) is 1.72. The fraction of sp³-hybridized carbons (Fsp3) is 0.211. The molecule has 5 nitrogen and oxygen atoms in total. The molecule has 0 saturated carbocycles. The normalized spacial score (nSPS) is 18.2. The van der Waals surface area contributed by atoms with Crippen molar-refractivity contribution in [3.63, 3.8) is 0 Å². The van der Waals surface area contributed by atoms with Gasteiger partial charge in [0.2, 0.25) is 9.70 Å². The molecule has 3 rings (SSSR count). The van der Waals surface area contributed by atoms with Crippen LogP contribution in [-0.4, -0.2) is 27.4 Å². The molecule has 140 valence electrons. The second-order valence-electron chi connectivity index (χ2n) is 6.03. The Morgan fingerprint density at radius 1 is 1.07 bits per heavy atom. The van der Waals surface area contributed by atoms with E-state index >= 15 is 0 Å². The van der Waals surface area contributed by atoms with Gasteiger partial charge in [0.05, 0.1) is 17.4 Å². The maximum absolute atomic E-state index is 13.2. The van der Waals surface area contributed by atoms with Crippen molar-refractivity contribution in [1.82, 2.24) is 5.32 Å². The minimum Gasteiger partial charge on any atom is -0.348 e. The molecule has 0 radical (unpaired) electrons. The first-order valence-corrected chi connectivity index (χ1v) is 9.29. The van der Waals surface area contributed by atoms with Crippen molar-refractivity contribution in [2.24, 2.45) is 11.0 Å². The lowest BCUT2D eigenvalue weighted by molar-refractivity contribution is -0.122. The summed E-state index contributed by atoms with van der Waals surface area (Å²) in [4.78, 5) is 25.0. The highest BCUT2D eigenvalue weighted by atomic mass is 35.6. The number of anilines is 1. The first-order chi connectivity index (χ1) is 12.8. The van der Waals surface area contributed by atoms with Gasteiger partial charge in [-0.15, -0.1) is 0 Å². The van der Waals surface area contributed by atoms with Crippen molar-refractivity contribution in [3.05, 3.63) is 66.2 Å². The zero-order chi connectivity index (χ0) is 19.6. The Balaban J connectivity index is 2.11. The van der Waals surface area contributed by atoms with Gasteiger partial charge in [-0.25, -0.2) is 0 Å². The average Bonchev–Trinajstić information content (AvgIpc) is 2.97. The molecule has 2 amide bonds. The molecule has 27 heavy (non-hydrogen) atoms. The van der Waals surface area contributed by atoms with Gasteiger partial charge in [-0.2, -0.15) is 10.1 Å². The van der Waals surface area contributed by atoms with Crippen LogP contribution in [0.3, 0.4) is 0 Å². The van der Waals surface area contributed by atoms with E-state index in [0.29, 0.717) is 17.0 Å². The van der Waals surface area contributed by atoms with E-state index in [4.69, 9.17) is 34.8 Å². The fourth-order valence-corrected chi connectivity index (χ4v) is 3.48. The maximum atomic E-state index is 13.2. The SMILES string of the molecule is CC(=O)N[C@@H]([C@@H]1C(=O)N(c2ccccc2)N=C1c1ccccc1)C(Cl)(Cl)Cl. The Hall–Kier alpha value is -2.08. The Morgan fingerprint density at radius 2 is 1.63 bits per heavy atom. The molecule has 2 aromatic carbocycles. The summed E-state index contributed by atoms with van der Waals surface area (Å²) in [5, 5.41) is 8.38. The molecular formula is C19H16Cl3N3O2. The quantitative estimate of drug-likeness (QED) is 0.756. The minimum absolute atomic E-state index is 0.384. The van der Waals surface area contributed by atoms with Crippen LogP contribution in [0.15, 0.2) is 65.8 Å². The smallest absolute Gasteiger partial charge is 0.258 e. The second-order valence-corrected chi connectivity index (χ2v) is 8.40. The highest BCUT2D eigenvalue weighted by Gasteiger charge is 2.50. The van der Waals surface area contributed by atoms with E-state index < -0.39 is 21.7 Å². The summed E-state index contributed by atoms with van der Waals surface area (Å²) in [7, 11) is 0. The number of hydrogen-bond acceptors (Lipinski definition) is 3. The number of nitrogens with one attached hydrogen (secondary N) is 1. The van der Waals surface area contributed by atoms with Crippen molar-refractivity contribution in [3.8, 4) is 0 Å². The van der Waals surface area contributed by atoms with Gasteiger partial charge < -0.3 is 5.32 Å². The predicted octanol–water partition coefficient (Wildman–Crippen LogP) is 3.93. The molecule has 0 unspecified atom stereocenters. The molecule has 2 aromatic rings. The molecule has 0 aliphatic carbocycles. The first kappa shape index (κ1) is 19.7. The largest absolute Gasteiger partial charge is 0.348 e. The van der Waals surface area contributed by atoms with Crippen molar-refractivity contribution < 1.29 is 9.59 Å². The fourth-order valence-electron chi connectivity index (χ4n) is 2.94. The van der Waals surface area contributed by atoms with Crippen LogP contribution in [0.2, 0.25) is 0 Å². The van der Waals surface area contributed by atoms with Crippen LogP contribution in [0.5, 0.6) is 0 Å². The lowest BCUT2D eigenvalue weighted by atomic mass is 9.90. The van der Waals surface area contributed by atoms with Crippen LogP contribution < -0.4 is 10.3 Å². The van der Waals surface area contributed by atoms with Crippen molar-refractivity contribution in [2.75, 3.05) is 5.01 Å². The van der Waals surface area contributed by atoms with Gasteiger partial charge in [-0.1, -0.05) is 83.3 Å². The van der Waals surface area contributed by atoms with E-state index in [2.05, 4.69) is 10.4 Å². The van der Waals surface area contributed by atoms with Crippen LogP contribution in [0.25, 0.3) is 0 Å². The molecule has 1 aliphatic heterocycles. The number of benzene rings is 2. The summed E-state index contributed by atoms with van der Waals surface area (Å²) in [6.45, 7) is 1.30. The molecule has 0 saturated heterocycles. The first-order valence-electron chi connectivity index (χ1n) is 8.16. The van der Waals surface area contributed by atoms with Crippen LogP contribution >= 0.6 is 34.8 Å². The van der Waals surface area contributed by atoms with E-state index in [9.17, 15) is 9.59 Å². The summed E-state index contributed by atoms with van der Waals surface area (Å²) in [5.74, 6) is -1.75. The van der Waals surface area contributed by atoms with Crippen LogP contribution in [0.4, 0.5) is 5.69 Å². The van der Waals surface area contributed by atoms with Crippen LogP contribution in [0.1, 0.15) is 12.5 Å². The maximum Gasteiger partial charge on any atom is 0.258 e. The van der Waals surface area contributed by atoms with E-state index in [-0.39, 0.29) is 5.91 Å². The van der Waals surface area contributed by atoms with E-state index in [1.807, 2.05) is 36.4 Å². The third-order valence-corrected chi connectivity index (χ3v) is 4.80. The molecular weight excluding hydrogens is 409 g/mol. The molecule has 0 aromatic heterocycles. The molecule has 1 heterocycles. The number of carbonyl (C=O) groups is 2. The number of amides is 2. The van der Waals surface area contributed by atoms with Gasteiger partial charge in [-0.3, -0.25) is 9.59 Å². The summed E-state index contributed by atoms with van der Waals surface area (Å²) in [6, 6.07) is 17.0. The van der Waals surface area contributed by atoms with Crippen LogP contribution in [0, 0.1) is 5.92 Å². The Kier molecular flexibility index (Phi) is 5.75. The standard InChI is InChI=1S/C19H16Cl3N3O2/c1-12(26)23-17(19(20,21)22)15-16(13-8-4-2-5-9-13)24-25(18(15)27)14-10-6-3-7-11-14/h2-11,15,17H,1H3,(H,23,26)/t15-,17+/m1/s1. The highest BCUT2D eigenvalue weighted by Crippen LogP contribution is 2.39. The number of carbonyl (C=O) groups excluding carboxylic acids is 2. The summed E-state index contributed by atoms with van der Waals surface area (Å²) >= 11 is 18.4. The van der Waals surface area contributed by atoms with Gasteiger partial charge in [0.1, 0.15) is 5.92 Å². The van der Waals surface area contributed by atoms with E-state index in [1.165, 1.54) is 11.9 Å². The number of nitrogens with zero attached hydrogens (tertiary/aromatic N) is 2. The Labute approximate surface area is 171 Å². The summed E-state index contributed by atoms with van der Waals surface area (Å²) in [6.07, 6.45) is 0. The van der Waals surface area contributed by atoms with E-state index in [1.54, 1.807) is 24.3 Å². The number of hydrazone groups is 1. The Bertz CT molecular complexity index is 867. The molecule has 2 atom stereocenters. The van der Waals surface area contributed by atoms with Gasteiger partial charge in [0, 0.05) is 6.92 Å². The summed E-state index contributed by atoms with van der Waals surface area (Å²) < 4.78 is -1.91. The van der Waals surface area contributed by atoms with Gasteiger partial charge in [0.25, 0.3) is 5.91 Å². The minimum atomic E-state index is -1.91. The molecule has 8 heteroatoms. The zero-order valence-corrected chi connectivity index (χ0v) is 16.5. The van der Waals surface area contributed by atoms with Gasteiger partial charge in [0.15, 0.2) is 0 Å². The van der Waals surface area contributed by atoms with Gasteiger partial charge >= 0.3 is 0 Å². The number of halogens is 3. The molecule has 0 bridgehead atoms. The zero-order valence-electron chi connectivity index (χ0n) is 14.3. The van der Waals surface area contributed by atoms with Crippen molar-refractivity contribution >= 4 is 58.0 Å². The number of alkyl halides is 3. The third-order valence-electron chi connectivity index (χ3n) is 4.09. The lowest BCUT2D eigenvalue weighted by Gasteiger charge is -2.30.